The van der Waals surface area contributed by atoms with E-state index in [1.807, 2.05) is 26.1 Å². The topological polar surface area (TPSA) is 65.1 Å². The summed E-state index contributed by atoms with van der Waals surface area (Å²) in [4.78, 5) is 4.58. The highest BCUT2D eigenvalue weighted by molar-refractivity contribution is 14.0. The summed E-state index contributed by atoms with van der Waals surface area (Å²) in [5.74, 6) is 0.612. The van der Waals surface area contributed by atoms with Crippen molar-refractivity contribution >= 4 is 29.9 Å². The van der Waals surface area contributed by atoms with Gasteiger partial charge in [0.2, 0.25) is 0 Å². The van der Waals surface area contributed by atoms with E-state index in [9.17, 15) is 4.39 Å². The molecule has 0 bridgehead atoms. The number of hydrogen-bond acceptors (Lipinski definition) is 2. The Morgan fingerprint density at radius 1 is 1.28 bits per heavy atom. The van der Waals surface area contributed by atoms with Crippen molar-refractivity contribution in [1.29, 1.82) is 0 Å². The van der Waals surface area contributed by atoms with Gasteiger partial charge in [0.05, 0.1) is 6.20 Å². The molecule has 0 saturated heterocycles. The average Bonchev–Trinajstić information content (AvgIpc) is 2.97. The molecule has 0 radical (unpaired) electrons. The first-order chi connectivity index (χ1) is 11.7. The van der Waals surface area contributed by atoms with Gasteiger partial charge < -0.3 is 10.6 Å². The van der Waals surface area contributed by atoms with Crippen LogP contribution in [0, 0.1) is 12.7 Å². The minimum atomic E-state index is -0.192. The third kappa shape index (κ3) is 7.85. The minimum absolute atomic E-state index is 0. The van der Waals surface area contributed by atoms with Crippen molar-refractivity contribution in [1.82, 2.24) is 20.8 Å². The normalized spacial score (nSPS) is 11.1. The molecule has 0 aliphatic carbocycles. The van der Waals surface area contributed by atoms with Crippen molar-refractivity contribution in [3.8, 4) is 0 Å². The second-order valence-corrected chi connectivity index (χ2v) is 5.69. The molecule has 0 unspecified atom stereocenters. The van der Waals surface area contributed by atoms with Gasteiger partial charge in [0.15, 0.2) is 5.96 Å². The van der Waals surface area contributed by atoms with E-state index in [0.29, 0.717) is 0 Å². The highest BCUT2D eigenvalue weighted by atomic mass is 127. The number of nitrogens with zero attached hydrogens (tertiary/aromatic N) is 2. The Labute approximate surface area is 165 Å². The Morgan fingerprint density at radius 3 is 2.80 bits per heavy atom. The second-order valence-electron chi connectivity index (χ2n) is 5.69. The molecular formula is C18H27FIN5. The largest absolute Gasteiger partial charge is 0.357 e. The van der Waals surface area contributed by atoms with E-state index < -0.39 is 0 Å². The van der Waals surface area contributed by atoms with Crippen LogP contribution in [0.2, 0.25) is 0 Å². The number of aromatic amines is 1. The standard InChI is InChI=1S/C18H26FN5.HI/c1-3-20-18(21-10-5-7-16-13-23-24-14(16)2)22-11-9-15-6-4-8-17(19)12-15;/h4,6,8,12-13H,3,5,7,9-11H2,1-2H3,(H,23,24)(H2,20,21,22);1H. The van der Waals surface area contributed by atoms with Crippen LogP contribution in [0.5, 0.6) is 0 Å². The summed E-state index contributed by atoms with van der Waals surface area (Å²) in [6.07, 6.45) is 4.58. The van der Waals surface area contributed by atoms with Gasteiger partial charge in [-0.3, -0.25) is 10.1 Å². The fraction of sp³-hybridized carbons (Fsp3) is 0.444. The van der Waals surface area contributed by atoms with Crippen molar-refractivity contribution in [3.63, 3.8) is 0 Å². The van der Waals surface area contributed by atoms with Crippen molar-refractivity contribution < 1.29 is 4.39 Å². The van der Waals surface area contributed by atoms with E-state index in [2.05, 4.69) is 25.8 Å². The van der Waals surface area contributed by atoms with Crippen LogP contribution in [0.25, 0.3) is 0 Å². The number of rotatable bonds is 8. The summed E-state index contributed by atoms with van der Waals surface area (Å²) >= 11 is 0. The predicted octanol–water partition coefficient (Wildman–Crippen LogP) is 3.21. The van der Waals surface area contributed by atoms with Crippen LogP contribution in [-0.2, 0) is 12.8 Å². The predicted molar refractivity (Wildman–Crippen MR) is 111 cm³/mol. The highest BCUT2D eigenvalue weighted by Crippen LogP contribution is 2.06. The van der Waals surface area contributed by atoms with Gasteiger partial charge in [-0.25, -0.2) is 4.39 Å². The Kier molecular flexibility index (Phi) is 10.1. The molecule has 0 saturated carbocycles. The summed E-state index contributed by atoms with van der Waals surface area (Å²) < 4.78 is 13.2. The molecule has 3 N–H and O–H groups in total. The summed E-state index contributed by atoms with van der Waals surface area (Å²) in [5.41, 5.74) is 3.35. The molecule has 7 heteroatoms. The maximum absolute atomic E-state index is 13.2. The lowest BCUT2D eigenvalue weighted by Gasteiger charge is -2.11. The maximum Gasteiger partial charge on any atom is 0.191 e. The molecule has 0 fully saturated rings. The van der Waals surface area contributed by atoms with E-state index in [1.54, 1.807) is 12.1 Å². The summed E-state index contributed by atoms with van der Waals surface area (Å²) in [6.45, 7) is 6.35. The molecule has 2 aromatic rings. The number of H-pyrrole nitrogens is 1. The zero-order valence-corrected chi connectivity index (χ0v) is 17.1. The first kappa shape index (κ1) is 21.4. The summed E-state index contributed by atoms with van der Waals surface area (Å²) in [7, 11) is 0. The van der Waals surface area contributed by atoms with Gasteiger partial charge in [-0.1, -0.05) is 12.1 Å². The Bertz CT molecular complexity index is 656. The van der Waals surface area contributed by atoms with Crippen LogP contribution in [0.15, 0.2) is 35.5 Å². The van der Waals surface area contributed by atoms with Crippen LogP contribution in [0.1, 0.15) is 30.2 Å². The van der Waals surface area contributed by atoms with Gasteiger partial charge >= 0.3 is 0 Å². The van der Waals surface area contributed by atoms with E-state index in [4.69, 9.17) is 0 Å². The number of nitrogens with one attached hydrogen (secondary N) is 3. The number of aryl methyl sites for hydroxylation is 2. The lowest BCUT2D eigenvalue weighted by molar-refractivity contribution is 0.625. The van der Waals surface area contributed by atoms with Gasteiger partial charge in [0.25, 0.3) is 0 Å². The minimum Gasteiger partial charge on any atom is -0.357 e. The van der Waals surface area contributed by atoms with Crippen molar-refractivity contribution in [3.05, 3.63) is 53.1 Å². The molecule has 0 amide bonds. The smallest absolute Gasteiger partial charge is 0.191 e. The molecule has 25 heavy (non-hydrogen) atoms. The molecule has 1 aromatic carbocycles. The van der Waals surface area contributed by atoms with Crippen LogP contribution in [-0.4, -0.2) is 35.8 Å². The van der Waals surface area contributed by atoms with Crippen molar-refractivity contribution in [2.75, 3.05) is 19.6 Å². The lowest BCUT2D eigenvalue weighted by Crippen LogP contribution is -2.38. The van der Waals surface area contributed by atoms with E-state index in [-0.39, 0.29) is 29.8 Å². The Balaban J connectivity index is 0.00000312. The van der Waals surface area contributed by atoms with E-state index in [0.717, 1.165) is 56.1 Å². The van der Waals surface area contributed by atoms with Crippen LogP contribution < -0.4 is 10.6 Å². The quantitative estimate of drug-likeness (QED) is 0.246. The van der Waals surface area contributed by atoms with Crippen LogP contribution in [0.3, 0.4) is 0 Å². The van der Waals surface area contributed by atoms with E-state index >= 15 is 0 Å². The fourth-order valence-electron chi connectivity index (χ4n) is 2.45. The van der Waals surface area contributed by atoms with Gasteiger partial charge in [0, 0.05) is 25.3 Å². The maximum atomic E-state index is 13.2. The van der Waals surface area contributed by atoms with Crippen molar-refractivity contribution in [2.24, 2.45) is 4.99 Å². The van der Waals surface area contributed by atoms with Gasteiger partial charge in [0.1, 0.15) is 5.82 Å². The highest BCUT2D eigenvalue weighted by Gasteiger charge is 2.01. The molecule has 1 heterocycles. The molecule has 1 aromatic heterocycles. The van der Waals surface area contributed by atoms with Crippen molar-refractivity contribution in [2.45, 2.75) is 33.1 Å². The number of halogens is 2. The lowest BCUT2D eigenvalue weighted by atomic mass is 10.1. The molecule has 0 atom stereocenters. The zero-order valence-electron chi connectivity index (χ0n) is 14.8. The summed E-state index contributed by atoms with van der Waals surface area (Å²) in [5, 5.41) is 13.5. The molecule has 138 valence electrons. The average molecular weight is 459 g/mol. The number of guanidine groups is 1. The monoisotopic (exact) mass is 459 g/mol. The molecular weight excluding hydrogens is 432 g/mol. The summed E-state index contributed by atoms with van der Waals surface area (Å²) in [6, 6.07) is 6.70. The molecule has 5 nitrogen and oxygen atoms in total. The van der Waals surface area contributed by atoms with Gasteiger partial charge in [-0.15, -0.1) is 24.0 Å². The Morgan fingerprint density at radius 2 is 2.12 bits per heavy atom. The Hall–Kier alpha value is -1.64. The third-order valence-corrected chi connectivity index (χ3v) is 3.75. The number of aromatic nitrogens is 2. The molecule has 0 aliphatic rings. The molecule has 2 rings (SSSR count). The number of aliphatic imine (C=N–C) groups is 1. The fourth-order valence-corrected chi connectivity index (χ4v) is 2.45. The first-order valence-electron chi connectivity index (χ1n) is 8.44. The van der Waals surface area contributed by atoms with Crippen LogP contribution >= 0.6 is 24.0 Å². The van der Waals surface area contributed by atoms with Gasteiger partial charge in [-0.05, 0) is 56.4 Å². The third-order valence-electron chi connectivity index (χ3n) is 3.75. The number of benzene rings is 1. The first-order valence-corrected chi connectivity index (χ1v) is 8.44. The second kappa shape index (κ2) is 11.8. The van der Waals surface area contributed by atoms with Crippen LogP contribution in [0.4, 0.5) is 4.39 Å². The number of hydrogen-bond donors (Lipinski definition) is 3. The SMILES string of the molecule is CCNC(=NCCCc1cn[nH]c1C)NCCc1cccc(F)c1.I. The zero-order chi connectivity index (χ0) is 17.2. The molecule has 0 spiro atoms. The van der Waals surface area contributed by atoms with Gasteiger partial charge in [-0.2, -0.15) is 5.10 Å². The molecule has 0 aliphatic heterocycles. The van der Waals surface area contributed by atoms with E-state index in [1.165, 1.54) is 11.6 Å².